The Hall–Kier alpha value is 0.620. The zero-order chi connectivity index (χ0) is 7.66. The molecule has 0 aliphatic rings. The SMILES string of the molecule is NCCNCCSCCS. The van der Waals surface area contributed by atoms with Crippen LogP contribution in [-0.4, -0.2) is 36.9 Å². The number of nitrogens with one attached hydrogen (secondary N) is 1. The Morgan fingerprint density at radius 3 is 2.70 bits per heavy atom. The van der Waals surface area contributed by atoms with Crippen molar-refractivity contribution >= 4 is 24.4 Å². The normalized spacial score (nSPS) is 10.2. The van der Waals surface area contributed by atoms with E-state index < -0.39 is 0 Å². The molecule has 0 aliphatic carbocycles. The van der Waals surface area contributed by atoms with Gasteiger partial charge in [0.15, 0.2) is 0 Å². The van der Waals surface area contributed by atoms with Crippen LogP contribution in [0, 0.1) is 0 Å². The molecule has 0 saturated heterocycles. The molecular weight excluding hydrogens is 164 g/mol. The molecule has 10 heavy (non-hydrogen) atoms. The quantitative estimate of drug-likeness (QED) is 0.387. The minimum absolute atomic E-state index is 0.733. The van der Waals surface area contributed by atoms with Crippen LogP contribution in [0.3, 0.4) is 0 Å². The van der Waals surface area contributed by atoms with Gasteiger partial charge in [-0.1, -0.05) is 0 Å². The lowest BCUT2D eigenvalue weighted by Gasteiger charge is -2.00. The molecule has 0 unspecified atom stereocenters. The number of nitrogens with two attached hydrogens (primary N) is 1. The summed E-state index contributed by atoms with van der Waals surface area (Å²) in [7, 11) is 0. The van der Waals surface area contributed by atoms with Crippen LogP contribution < -0.4 is 11.1 Å². The maximum Gasteiger partial charge on any atom is 0.00748 e. The van der Waals surface area contributed by atoms with Gasteiger partial charge in [-0.25, -0.2) is 0 Å². The van der Waals surface area contributed by atoms with E-state index in [2.05, 4.69) is 17.9 Å². The number of rotatable bonds is 7. The molecule has 0 spiro atoms. The molecule has 0 atom stereocenters. The summed E-state index contributed by atoms with van der Waals surface area (Å²) < 4.78 is 0. The van der Waals surface area contributed by atoms with E-state index in [-0.39, 0.29) is 0 Å². The van der Waals surface area contributed by atoms with Crippen molar-refractivity contribution in [2.75, 3.05) is 36.9 Å². The number of thioether (sulfide) groups is 1. The largest absolute Gasteiger partial charge is 0.329 e. The van der Waals surface area contributed by atoms with Crippen molar-refractivity contribution < 1.29 is 0 Å². The highest BCUT2D eigenvalue weighted by Crippen LogP contribution is 1.97. The molecule has 2 nitrogen and oxygen atoms in total. The highest BCUT2D eigenvalue weighted by atomic mass is 32.2. The summed E-state index contributed by atoms with van der Waals surface area (Å²) in [5.41, 5.74) is 5.29. The lowest BCUT2D eigenvalue weighted by Crippen LogP contribution is -2.24. The molecule has 0 amide bonds. The van der Waals surface area contributed by atoms with Gasteiger partial charge in [-0.2, -0.15) is 24.4 Å². The molecule has 62 valence electrons. The highest BCUT2D eigenvalue weighted by Gasteiger charge is 1.86. The third-order valence-corrected chi connectivity index (χ3v) is 2.49. The van der Waals surface area contributed by atoms with E-state index in [9.17, 15) is 0 Å². The van der Waals surface area contributed by atoms with E-state index in [0.717, 1.165) is 31.1 Å². The summed E-state index contributed by atoms with van der Waals surface area (Å²) in [6.07, 6.45) is 0. The minimum atomic E-state index is 0.733. The molecule has 0 aromatic heterocycles. The van der Waals surface area contributed by atoms with Gasteiger partial charge >= 0.3 is 0 Å². The van der Waals surface area contributed by atoms with Crippen LogP contribution in [-0.2, 0) is 0 Å². The van der Waals surface area contributed by atoms with E-state index in [4.69, 9.17) is 5.73 Å². The van der Waals surface area contributed by atoms with Gasteiger partial charge in [0.2, 0.25) is 0 Å². The summed E-state index contributed by atoms with van der Waals surface area (Å²) in [6.45, 7) is 2.73. The first-order valence-corrected chi connectivity index (χ1v) is 5.30. The fourth-order valence-electron chi connectivity index (χ4n) is 0.538. The van der Waals surface area contributed by atoms with Gasteiger partial charge in [-0.15, -0.1) is 0 Å². The van der Waals surface area contributed by atoms with E-state index in [1.54, 1.807) is 0 Å². The van der Waals surface area contributed by atoms with Gasteiger partial charge in [0.1, 0.15) is 0 Å². The van der Waals surface area contributed by atoms with Crippen molar-refractivity contribution in [1.82, 2.24) is 5.32 Å². The second-order valence-corrected chi connectivity index (χ2v) is 3.55. The lowest BCUT2D eigenvalue weighted by atomic mass is 10.6. The van der Waals surface area contributed by atoms with Crippen molar-refractivity contribution in [2.45, 2.75) is 0 Å². The maximum absolute atomic E-state index is 5.29. The smallest absolute Gasteiger partial charge is 0.00748 e. The van der Waals surface area contributed by atoms with Crippen LogP contribution in [0.5, 0.6) is 0 Å². The van der Waals surface area contributed by atoms with E-state index in [0.29, 0.717) is 0 Å². The van der Waals surface area contributed by atoms with Crippen LogP contribution in [0.4, 0.5) is 0 Å². The summed E-state index contributed by atoms with van der Waals surface area (Å²) in [5, 5.41) is 3.22. The molecular formula is C6H16N2S2. The van der Waals surface area contributed by atoms with Crippen molar-refractivity contribution in [1.29, 1.82) is 0 Å². The third-order valence-electron chi connectivity index (χ3n) is 0.980. The lowest BCUT2D eigenvalue weighted by molar-refractivity contribution is 0.730. The van der Waals surface area contributed by atoms with Gasteiger partial charge in [0, 0.05) is 31.1 Å². The molecule has 0 fully saturated rings. The van der Waals surface area contributed by atoms with E-state index in [1.807, 2.05) is 11.8 Å². The van der Waals surface area contributed by atoms with Crippen LogP contribution in [0.1, 0.15) is 0 Å². The average molecular weight is 180 g/mol. The second-order valence-electron chi connectivity index (χ2n) is 1.87. The van der Waals surface area contributed by atoms with Gasteiger partial charge in [0.05, 0.1) is 0 Å². The molecule has 0 aliphatic heterocycles. The average Bonchev–Trinajstić information content (AvgIpc) is 1.97. The molecule has 0 aromatic carbocycles. The third kappa shape index (κ3) is 8.62. The molecule has 3 N–H and O–H groups in total. The second kappa shape index (κ2) is 9.62. The summed E-state index contributed by atoms with van der Waals surface area (Å²) in [5.74, 6) is 3.29. The maximum atomic E-state index is 5.29. The topological polar surface area (TPSA) is 38.0 Å². The number of hydrogen-bond donors (Lipinski definition) is 3. The van der Waals surface area contributed by atoms with Crippen molar-refractivity contribution in [3.05, 3.63) is 0 Å². The van der Waals surface area contributed by atoms with Crippen LogP contribution in [0.2, 0.25) is 0 Å². The van der Waals surface area contributed by atoms with Crippen LogP contribution in [0.25, 0.3) is 0 Å². The van der Waals surface area contributed by atoms with E-state index in [1.165, 1.54) is 5.75 Å². The minimum Gasteiger partial charge on any atom is -0.329 e. The number of thiol groups is 1. The highest BCUT2D eigenvalue weighted by molar-refractivity contribution is 8.00. The standard InChI is InChI=1S/C6H16N2S2/c7-1-2-8-3-5-10-6-4-9/h8-9H,1-7H2. The summed E-state index contributed by atoms with van der Waals surface area (Å²) in [4.78, 5) is 0. The van der Waals surface area contributed by atoms with Gasteiger partial charge in [-0.05, 0) is 5.75 Å². The first-order valence-electron chi connectivity index (χ1n) is 3.51. The Morgan fingerprint density at radius 2 is 2.10 bits per heavy atom. The molecule has 0 bridgehead atoms. The summed E-state index contributed by atoms with van der Waals surface area (Å²) in [6, 6.07) is 0. The van der Waals surface area contributed by atoms with Gasteiger partial charge in [0.25, 0.3) is 0 Å². The fourth-order valence-corrected chi connectivity index (χ4v) is 1.55. The number of hydrogen-bond acceptors (Lipinski definition) is 4. The Bertz CT molecular complexity index is 53.7. The van der Waals surface area contributed by atoms with Crippen molar-refractivity contribution in [3.63, 3.8) is 0 Å². The Kier molecular flexibility index (Phi) is 10.2. The molecule has 0 rings (SSSR count). The fraction of sp³-hybridized carbons (Fsp3) is 1.00. The predicted molar refractivity (Wildman–Crippen MR) is 53.1 cm³/mol. The van der Waals surface area contributed by atoms with Crippen molar-refractivity contribution in [3.8, 4) is 0 Å². The van der Waals surface area contributed by atoms with Crippen molar-refractivity contribution in [2.24, 2.45) is 5.73 Å². The zero-order valence-corrected chi connectivity index (χ0v) is 7.89. The Labute approximate surface area is 72.7 Å². The molecule has 0 radical (unpaired) electrons. The van der Waals surface area contributed by atoms with Gasteiger partial charge in [-0.3, -0.25) is 0 Å². The monoisotopic (exact) mass is 180 g/mol. The summed E-state index contributed by atoms with van der Waals surface area (Å²) >= 11 is 6.03. The van der Waals surface area contributed by atoms with Crippen LogP contribution >= 0.6 is 24.4 Å². The van der Waals surface area contributed by atoms with Crippen LogP contribution in [0.15, 0.2) is 0 Å². The Balaban J connectivity index is 2.65. The first kappa shape index (κ1) is 10.6. The van der Waals surface area contributed by atoms with E-state index >= 15 is 0 Å². The molecule has 0 aromatic rings. The Morgan fingerprint density at radius 1 is 1.30 bits per heavy atom. The zero-order valence-electron chi connectivity index (χ0n) is 6.18. The molecule has 0 saturated carbocycles. The predicted octanol–water partition coefficient (Wildman–Crippen LogP) is 0.198. The molecule has 0 heterocycles. The molecule has 4 heteroatoms. The van der Waals surface area contributed by atoms with Gasteiger partial charge < -0.3 is 11.1 Å². The first-order chi connectivity index (χ1) is 4.91.